The minimum absolute atomic E-state index is 0.0704. The molecule has 0 saturated heterocycles. The number of fused-ring (bicyclic) bond motifs is 1. The Kier molecular flexibility index (Phi) is 4.77. The Labute approximate surface area is 163 Å². The van der Waals surface area contributed by atoms with Gasteiger partial charge in [0, 0.05) is 12.1 Å². The summed E-state index contributed by atoms with van der Waals surface area (Å²) >= 11 is 0. The van der Waals surface area contributed by atoms with Crippen LogP contribution >= 0.6 is 0 Å². The molecule has 0 atom stereocenters. The zero-order valence-corrected chi connectivity index (χ0v) is 16.1. The molecule has 28 heavy (non-hydrogen) atoms. The van der Waals surface area contributed by atoms with Crippen LogP contribution in [-0.2, 0) is 16.4 Å². The van der Waals surface area contributed by atoms with Crippen molar-refractivity contribution in [3.8, 4) is 17.0 Å². The summed E-state index contributed by atoms with van der Waals surface area (Å²) in [6, 6.07) is 16.1. The molecular formula is C21H19FN2O3S. The molecule has 2 heterocycles. The molecule has 0 radical (unpaired) electrons. The quantitative estimate of drug-likeness (QED) is 0.666. The van der Waals surface area contributed by atoms with Gasteiger partial charge in [0.2, 0.25) is 0 Å². The van der Waals surface area contributed by atoms with Gasteiger partial charge in [0.15, 0.2) is 0 Å². The first-order chi connectivity index (χ1) is 13.5. The molecule has 5 nitrogen and oxygen atoms in total. The highest BCUT2D eigenvalue weighted by atomic mass is 32.2. The summed E-state index contributed by atoms with van der Waals surface area (Å²) in [4.78, 5) is 4.77. The Morgan fingerprint density at radius 3 is 2.39 bits per heavy atom. The van der Waals surface area contributed by atoms with Crippen molar-refractivity contribution in [2.75, 3.05) is 18.0 Å². The molecule has 3 aromatic rings. The fourth-order valence-corrected chi connectivity index (χ4v) is 4.85. The third-order valence-corrected chi connectivity index (χ3v) is 6.61. The van der Waals surface area contributed by atoms with Crippen LogP contribution in [-0.4, -0.2) is 27.1 Å². The third-order valence-electron chi connectivity index (χ3n) is 4.78. The highest BCUT2D eigenvalue weighted by Crippen LogP contribution is 2.33. The first-order valence-corrected chi connectivity index (χ1v) is 10.4. The number of ether oxygens (including phenoxy) is 1. The van der Waals surface area contributed by atoms with Crippen molar-refractivity contribution in [3.05, 3.63) is 72.2 Å². The van der Waals surface area contributed by atoms with Crippen LogP contribution in [0.15, 0.2) is 65.6 Å². The molecule has 0 spiro atoms. The maximum absolute atomic E-state index is 13.2. The molecule has 0 saturated carbocycles. The first-order valence-electron chi connectivity index (χ1n) is 8.92. The summed E-state index contributed by atoms with van der Waals surface area (Å²) in [6.45, 7) is 0.371. The van der Waals surface area contributed by atoms with Gasteiger partial charge in [-0.2, -0.15) is 0 Å². The summed E-state index contributed by atoms with van der Waals surface area (Å²) in [6.07, 6.45) is 1.38. The first kappa shape index (κ1) is 18.4. The van der Waals surface area contributed by atoms with Gasteiger partial charge < -0.3 is 4.74 Å². The topological polar surface area (TPSA) is 59.5 Å². The lowest BCUT2D eigenvalue weighted by Crippen LogP contribution is -2.35. The number of benzene rings is 2. The number of pyridine rings is 1. The van der Waals surface area contributed by atoms with Gasteiger partial charge in [-0.25, -0.2) is 12.8 Å². The number of aryl methyl sites for hydroxylation is 1. The molecule has 1 aromatic heterocycles. The Morgan fingerprint density at radius 2 is 1.71 bits per heavy atom. The van der Waals surface area contributed by atoms with Crippen LogP contribution in [0.1, 0.15) is 12.1 Å². The van der Waals surface area contributed by atoms with Crippen LogP contribution in [0.4, 0.5) is 10.1 Å². The Balaban J connectivity index is 1.71. The number of rotatable bonds is 4. The molecule has 1 aliphatic heterocycles. The maximum atomic E-state index is 13.2. The van der Waals surface area contributed by atoms with Gasteiger partial charge in [-0.15, -0.1) is 0 Å². The third kappa shape index (κ3) is 3.33. The SMILES string of the molecule is COc1ccc(-c2ccc3c(n2)CCCN3S(=O)(=O)c2ccc(F)cc2)cc1. The van der Waals surface area contributed by atoms with Crippen LogP contribution < -0.4 is 9.04 Å². The fourth-order valence-electron chi connectivity index (χ4n) is 3.32. The van der Waals surface area contributed by atoms with Crippen molar-refractivity contribution in [1.82, 2.24) is 4.98 Å². The molecule has 0 unspecified atom stereocenters. The molecule has 144 valence electrons. The number of nitrogens with zero attached hydrogens (tertiary/aromatic N) is 2. The number of anilines is 1. The monoisotopic (exact) mass is 398 g/mol. The van der Waals surface area contributed by atoms with Crippen LogP contribution in [0.5, 0.6) is 5.75 Å². The number of sulfonamides is 1. The van der Waals surface area contributed by atoms with E-state index in [2.05, 4.69) is 0 Å². The van der Waals surface area contributed by atoms with Gasteiger partial charge in [0.05, 0.1) is 29.1 Å². The molecule has 0 bridgehead atoms. The zero-order valence-electron chi connectivity index (χ0n) is 15.3. The van der Waals surface area contributed by atoms with E-state index in [9.17, 15) is 12.8 Å². The second-order valence-corrected chi connectivity index (χ2v) is 8.39. The second-order valence-electron chi connectivity index (χ2n) is 6.53. The molecule has 0 N–H and O–H groups in total. The fraction of sp³-hybridized carbons (Fsp3) is 0.190. The number of hydrogen-bond acceptors (Lipinski definition) is 4. The molecule has 4 rings (SSSR count). The highest BCUT2D eigenvalue weighted by Gasteiger charge is 2.30. The van der Waals surface area contributed by atoms with E-state index < -0.39 is 15.8 Å². The predicted molar refractivity (Wildman–Crippen MR) is 105 cm³/mol. The van der Waals surface area contributed by atoms with Gasteiger partial charge in [-0.1, -0.05) is 0 Å². The van der Waals surface area contributed by atoms with Crippen molar-refractivity contribution in [2.45, 2.75) is 17.7 Å². The lowest BCUT2D eigenvalue weighted by atomic mass is 10.1. The molecule has 2 aromatic carbocycles. The van der Waals surface area contributed by atoms with Gasteiger partial charge in [-0.3, -0.25) is 9.29 Å². The number of halogens is 1. The summed E-state index contributed by atoms with van der Waals surface area (Å²) in [7, 11) is -2.16. The molecular weight excluding hydrogens is 379 g/mol. The van der Waals surface area contributed by atoms with E-state index in [4.69, 9.17) is 9.72 Å². The number of methoxy groups -OCH3 is 1. The van der Waals surface area contributed by atoms with Crippen LogP contribution in [0.25, 0.3) is 11.3 Å². The molecule has 1 aliphatic rings. The van der Waals surface area contributed by atoms with E-state index in [0.717, 1.165) is 34.8 Å². The zero-order chi connectivity index (χ0) is 19.7. The molecule has 7 heteroatoms. The average Bonchev–Trinajstić information content (AvgIpc) is 2.73. The molecule has 0 aliphatic carbocycles. The van der Waals surface area contributed by atoms with E-state index in [0.29, 0.717) is 25.1 Å². The Morgan fingerprint density at radius 1 is 1.00 bits per heavy atom. The van der Waals surface area contributed by atoms with Crippen LogP contribution in [0, 0.1) is 5.82 Å². The summed E-state index contributed by atoms with van der Waals surface area (Å²) < 4.78 is 45.8. The molecule has 0 amide bonds. The van der Waals surface area contributed by atoms with Gasteiger partial charge in [0.25, 0.3) is 10.0 Å². The molecule has 0 fully saturated rings. The van der Waals surface area contributed by atoms with Gasteiger partial charge in [-0.05, 0) is 73.5 Å². The average molecular weight is 398 g/mol. The van der Waals surface area contributed by atoms with Gasteiger partial charge in [0.1, 0.15) is 11.6 Å². The maximum Gasteiger partial charge on any atom is 0.264 e. The van der Waals surface area contributed by atoms with Crippen LogP contribution in [0.2, 0.25) is 0 Å². The van der Waals surface area contributed by atoms with Crippen molar-refractivity contribution in [3.63, 3.8) is 0 Å². The second kappa shape index (κ2) is 7.24. The lowest BCUT2D eigenvalue weighted by molar-refractivity contribution is 0.415. The number of hydrogen-bond donors (Lipinski definition) is 0. The van der Waals surface area contributed by atoms with E-state index in [1.807, 2.05) is 30.3 Å². The van der Waals surface area contributed by atoms with E-state index in [1.54, 1.807) is 13.2 Å². The Bertz CT molecular complexity index is 1100. The van der Waals surface area contributed by atoms with Crippen molar-refractivity contribution in [2.24, 2.45) is 0 Å². The summed E-state index contributed by atoms with van der Waals surface area (Å²) in [5.74, 6) is 0.294. The largest absolute Gasteiger partial charge is 0.497 e. The normalized spacial score (nSPS) is 13.9. The minimum atomic E-state index is -3.77. The van der Waals surface area contributed by atoms with Gasteiger partial charge >= 0.3 is 0 Å². The van der Waals surface area contributed by atoms with E-state index in [1.165, 1.54) is 16.4 Å². The standard InChI is InChI=1S/C21H19FN2O3S/c1-27-17-8-4-15(5-9-17)19-12-13-21-20(23-19)3-2-14-24(21)28(25,26)18-10-6-16(22)7-11-18/h4-13H,2-3,14H2,1H3. The van der Waals surface area contributed by atoms with Crippen molar-refractivity contribution >= 4 is 15.7 Å². The highest BCUT2D eigenvalue weighted by molar-refractivity contribution is 7.92. The Hall–Kier alpha value is -2.93. The summed E-state index contributed by atoms with van der Waals surface area (Å²) in [5, 5.41) is 0. The predicted octanol–water partition coefficient (Wildman–Crippen LogP) is 4.04. The summed E-state index contributed by atoms with van der Waals surface area (Å²) in [5.41, 5.74) is 3.03. The number of aromatic nitrogens is 1. The smallest absolute Gasteiger partial charge is 0.264 e. The van der Waals surface area contributed by atoms with Crippen molar-refractivity contribution in [1.29, 1.82) is 0 Å². The van der Waals surface area contributed by atoms with E-state index >= 15 is 0 Å². The van der Waals surface area contributed by atoms with Crippen LogP contribution in [0.3, 0.4) is 0 Å². The lowest BCUT2D eigenvalue weighted by Gasteiger charge is -2.30. The minimum Gasteiger partial charge on any atom is -0.497 e. The van der Waals surface area contributed by atoms with E-state index in [-0.39, 0.29) is 4.90 Å². The van der Waals surface area contributed by atoms with Crippen molar-refractivity contribution < 1.29 is 17.5 Å².